The van der Waals surface area contributed by atoms with Crippen molar-refractivity contribution in [2.45, 2.75) is 10.9 Å². The van der Waals surface area contributed by atoms with Gasteiger partial charge in [-0.3, -0.25) is 0 Å². The number of benzene rings is 1. The van der Waals surface area contributed by atoms with E-state index in [4.69, 9.17) is 4.52 Å². The molecule has 0 bridgehead atoms. The Kier molecular flexibility index (Phi) is 4.74. The average molecular weight is 433 g/mol. The van der Waals surface area contributed by atoms with E-state index < -0.39 is 0 Å². The molecule has 0 aliphatic heterocycles. The second-order valence-electron chi connectivity index (χ2n) is 5.27. The summed E-state index contributed by atoms with van der Waals surface area (Å²) in [5.74, 6) is 1.82. The Morgan fingerprint density at radius 1 is 1.24 bits per heavy atom. The van der Waals surface area contributed by atoms with Crippen LogP contribution >= 0.6 is 39.0 Å². The highest BCUT2D eigenvalue weighted by atomic mass is 79.9. The number of hydrogen-bond donors (Lipinski definition) is 0. The number of thioether (sulfide) groups is 1. The second-order valence-corrected chi connectivity index (χ2v) is 8.08. The Labute approximate surface area is 161 Å². The molecule has 0 saturated carbocycles. The molecule has 4 rings (SSSR count). The van der Waals surface area contributed by atoms with Gasteiger partial charge in [0.25, 0.3) is 0 Å². The van der Waals surface area contributed by atoms with Crippen LogP contribution in [0.2, 0.25) is 0 Å². The molecule has 0 aliphatic rings. The standard InChI is InChI=1S/C17H13BrN4OS2/c1-22-13(11-4-6-12(18)7-5-11)9-19-17(22)25-10-15-20-16(21-23-15)14-3-2-8-24-14/h2-9H,10H2,1H3. The molecule has 3 heterocycles. The summed E-state index contributed by atoms with van der Waals surface area (Å²) < 4.78 is 8.47. The largest absolute Gasteiger partial charge is 0.338 e. The third-order valence-corrected chi connectivity index (χ3v) is 6.04. The van der Waals surface area contributed by atoms with Gasteiger partial charge in [0.2, 0.25) is 11.7 Å². The smallest absolute Gasteiger partial charge is 0.237 e. The molecule has 1 aromatic carbocycles. The maximum atomic E-state index is 5.34. The molecule has 3 aromatic heterocycles. The van der Waals surface area contributed by atoms with Crippen molar-refractivity contribution in [2.24, 2.45) is 7.05 Å². The van der Waals surface area contributed by atoms with Gasteiger partial charge in [0.05, 0.1) is 22.5 Å². The van der Waals surface area contributed by atoms with Gasteiger partial charge in [-0.2, -0.15) is 4.98 Å². The zero-order valence-corrected chi connectivity index (χ0v) is 16.4. The van der Waals surface area contributed by atoms with Crippen LogP contribution in [-0.2, 0) is 12.8 Å². The lowest BCUT2D eigenvalue weighted by Crippen LogP contribution is -1.94. The molecule has 25 heavy (non-hydrogen) atoms. The topological polar surface area (TPSA) is 56.7 Å². The fourth-order valence-electron chi connectivity index (χ4n) is 2.36. The summed E-state index contributed by atoms with van der Waals surface area (Å²) in [4.78, 5) is 9.96. The minimum atomic E-state index is 0.586. The number of hydrogen-bond acceptors (Lipinski definition) is 6. The van der Waals surface area contributed by atoms with Crippen molar-refractivity contribution in [1.29, 1.82) is 0 Å². The van der Waals surface area contributed by atoms with E-state index in [1.807, 2.05) is 42.9 Å². The van der Waals surface area contributed by atoms with Crippen LogP contribution in [0.15, 0.2) is 62.1 Å². The first kappa shape index (κ1) is 16.6. The zero-order valence-electron chi connectivity index (χ0n) is 13.2. The lowest BCUT2D eigenvalue weighted by atomic mass is 10.2. The van der Waals surface area contributed by atoms with Crippen LogP contribution in [0.1, 0.15) is 5.89 Å². The quantitative estimate of drug-likeness (QED) is 0.402. The van der Waals surface area contributed by atoms with E-state index in [1.165, 1.54) is 0 Å². The first-order valence-electron chi connectivity index (χ1n) is 7.47. The van der Waals surface area contributed by atoms with Crippen molar-refractivity contribution in [3.05, 3.63) is 58.3 Å². The molecule has 0 saturated heterocycles. The summed E-state index contributed by atoms with van der Waals surface area (Å²) in [5.41, 5.74) is 2.20. The van der Waals surface area contributed by atoms with E-state index in [1.54, 1.807) is 23.1 Å². The van der Waals surface area contributed by atoms with E-state index in [2.05, 4.69) is 47.8 Å². The Hall–Kier alpha value is -1.90. The number of nitrogens with zero attached hydrogens (tertiary/aromatic N) is 4. The normalized spacial score (nSPS) is 11.1. The summed E-state index contributed by atoms with van der Waals surface area (Å²) in [6.45, 7) is 0. The summed E-state index contributed by atoms with van der Waals surface area (Å²) in [6.07, 6.45) is 1.89. The molecule has 4 aromatic rings. The molecule has 5 nitrogen and oxygen atoms in total. The van der Waals surface area contributed by atoms with Crippen molar-refractivity contribution in [3.63, 3.8) is 0 Å². The van der Waals surface area contributed by atoms with E-state index >= 15 is 0 Å². The molecule has 0 atom stereocenters. The van der Waals surface area contributed by atoms with Crippen LogP contribution in [-0.4, -0.2) is 19.7 Å². The number of thiophene rings is 1. The summed E-state index contributed by atoms with van der Waals surface area (Å²) in [6, 6.07) is 12.2. The summed E-state index contributed by atoms with van der Waals surface area (Å²) in [5, 5.41) is 6.94. The first-order chi connectivity index (χ1) is 12.2. The predicted octanol–water partition coefficient (Wildman–Crippen LogP) is 5.25. The van der Waals surface area contributed by atoms with Crippen LogP contribution in [0.5, 0.6) is 0 Å². The van der Waals surface area contributed by atoms with Gasteiger partial charge in [0.1, 0.15) is 0 Å². The minimum absolute atomic E-state index is 0.586. The Morgan fingerprint density at radius 2 is 2.08 bits per heavy atom. The number of halogens is 1. The van der Waals surface area contributed by atoms with E-state index in [0.717, 1.165) is 25.8 Å². The van der Waals surface area contributed by atoms with Crippen LogP contribution in [0.25, 0.3) is 22.0 Å². The molecule has 0 spiro atoms. The highest BCUT2D eigenvalue weighted by Crippen LogP contribution is 2.28. The Morgan fingerprint density at radius 3 is 2.84 bits per heavy atom. The molecular weight excluding hydrogens is 420 g/mol. The van der Waals surface area contributed by atoms with E-state index in [0.29, 0.717) is 17.5 Å². The third kappa shape index (κ3) is 3.56. The fourth-order valence-corrected chi connectivity index (χ4v) is 4.06. The molecule has 0 fully saturated rings. The fraction of sp³-hybridized carbons (Fsp3) is 0.118. The van der Waals surface area contributed by atoms with Crippen LogP contribution in [0.3, 0.4) is 0 Å². The third-order valence-electron chi connectivity index (χ3n) is 3.62. The average Bonchev–Trinajstić information content (AvgIpc) is 3.35. The zero-order chi connectivity index (χ0) is 17.2. The SMILES string of the molecule is Cn1c(-c2ccc(Br)cc2)cnc1SCc1nc(-c2cccs2)no1. The molecular formula is C17H13BrN4OS2. The van der Waals surface area contributed by atoms with Gasteiger partial charge in [0, 0.05) is 11.5 Å². The highest BCUT2D eigenvalue weighted by molar-refractivity contribution is 9.10. The van der Waals surface area contributed by atoms with Crippen molar-refractivity contribution >= 4 is 39.0 Å². The van der Waals surface area contributed by atoms with Crippen molar-refractivity contribution in [1.82, 2.24) is 19.7 Å². The van der Waals surface area contributed by atoms with Gasteiger partial charge >= 0.3 is 0 Å². The molecule has 0 aliphatic carbocycles. The molecule has 0 radical (unpaired) electrons. The molecule has 0 N–H and O–H groups in total. The molecule has 126 valence electrons. The minimum Gasteiger partial charge on any atom is -0.338 e. The lowest BCUT2D eigenvalue weighted by Gasteiger charge is -2.05. The summed E-state index contributed by atoms with van der Waals surface area (Å²) >= 11 is 6.64. The maximum Gasteiger partial charge on any atom is 0.237 e. The van der Waals surface area contributed by atoms with Gasteiger partial charge in [-0.05, 0) is 29.1 Å². The number of rotatable bonds is 5. The number of aromatic nitrogens is 4. The first-order valence-corrected chi connectivity index (χ1v) is 10.1. The van der Waals surface area contributed by atoms with Crippen LogP contribution < -0.4 is 0 Å². The monoisotopic (exact) mass is 432 g/mol. The van der Waals surface area contributed by atoms with Crippen molar-refractivity contribution in [3.8, 4) is 22.0 Å². The van der Waals surface area contributed by atoms with Gasteiger partial charge in [0.15, 0.2) is 5.16 Å². The summed E-state index contributed by atoms with van der Waals surface area (Å²) in [7, 11) is 2.01. The van der Waals surface area contributed by atoms with E-state index in [-0.39, 0.29) is 0 Å². The van der Waals surface area contributed by atoms with Crippen molar-refractivity contribution < 1.29 is 4.52 Å². The Bertz CT molecular complexity index is 977. The maximum absolute atomic E-state index is 5.34. The van der Waals surface area contributed by atoms with Crippen LogP contribution in [0, 0.1) is 0 Å². The number of imidazole rings is 1. The van der Waals surface area contributed by atoms with Crippen molar-refractivity contribution in [2.75, 3.05) is 0 Å². The second kappa shape index (κ2) is 7.15. The van der Waals surface area contributed by atoms with Gasteiger partial charge in [-0.1, -0.05) is 51.0 Å². The predicted molar refractivity (Wildman–Crippen MR) is 104 cm³/mol. The lowest BCUT2D eigenvalue weighted by molar-refractivity contribution is 0.391. The van der Waals surface area contributed by atoms with Gasteiger partial charge < -0.3 is 9.09 Å². The highest BCUT2D eigenvalue weighted by Gasteiger charge is 2.13. The molecule has 8 heteroatoms. The van der Waals surface area contributed by atoms with E-state index in [9.17, 15) is 0 Å². The molecule has 0 unspecified atom stereocenters. The Balaban J connectivity index is 1.48. The molecule has 0 amide bonds. The van der Waals surface area contributed by atoms with Crippen LogP contribution in [0.4, 0.5) is 0 Å². The van der Waals surface area contributed by atoms with Gasteiger partial charge in [-0.15, -0.1) is 11.3 Å². The van der Waals surface area contributed by atoms with Gasteiger partial charge in [-0.25, -0.2) is 4.98 Å².